The largest absolute Gasteiger partial charge is 0.495 e. The number of benzene rings is 2. The summed E-state index contributed by atoms with van der Waals surface area (Å²) in [5.41, 5.74) is 8.20. The van der Waals surface area contributed by atoms with Gasteiger partial charge < -0.3 is 34.9 Å². The van der Waals surface area contributed by atoms with Gasteiger partial charge in [-0.15, -0.1) is 0 Å². The number of methoxy groups -OCH3 is 1. The van der Waals surface area contributed by atoms with Crippen molar-refractivity contribution in [1.29, 1.82) is 0 Å². The lowest BCUT2D eigenvalue weighted by atomic mass is 9.83. The number of alkyl carbamates (subject to hydrolysis) is 1. The van der Waals surface area contributed by atoms with E-state index in [1.165, 1.54) is 13.2 Å². The van der Waals surface area contributed by atoms with Gasteiger partial charge in [-0.2, -0.15) is 0 Å². The molecular weight excluding hydrogens is 828 g/mol. The third-order valence-corrected chi connectivity index (χ3v) is 10.1. The number of hydrogen-bond acceptors (Lipinski definition) is 10. The van der Waals surface area contributed by atoms with Crippen molar-refractivity contribution in [3.05, 3.63) is 92.8 Å². The molecule has 16 heteroatoms. The number of nitrogens with zero attached hydrogens (tertiary/aromatic N) is 3. The van der Waals surface area contributed by atoms with Crippen LogP contribution in [0.15, 0.2) is 65.8 Å². The maximum Gasteiger partial charge on any atom is 0.408 e. The molecular formula is C47H67ClN6O9. The zero-order valence-corrected chi connectivity index (χ0v) is 39.8. The molecule has 3 N–H and O–H groups in total. The highest BCUT2D eigenvalue weighted by molar-refractivity contribution is 6.32. The minimum atomic E-state index is -1.27. The molecule has 0 heterocycles. The van der Waals surface area contributed by atoms with E-state index in [1.807, 2.05) is 57.2 Å². The molecule has 0 aliphatic heterocycles. The second-order valence-corrected chi connectivity index (χ2v) is 18.9. The van der Waals surface area contributed by atoms with E-state index in [1.54, 1.807) is 86.6 Å². The maximum absolute atomic E-state index is 14.1. The SMILES string of the molecule is COc1ccc(CC(NC(=O)OC(C)(C)C)C(=O)NC(C)C(C)(C)C(=O)NC(CC(C)C)C(=O)OC(C/C=C/C(=O)OC(C)(C)C)C(C)/C=C/c2ccc(CN=[N+]=[N-])cc2)cc1Cl. The van der Waals surface area contributed by atoms with Crippen LogP contribution in [0, 0.1) is 17.3 Å². The van der Waals surface area contributed by atoms with Crippen molar-refractivity contribution in [3.63, 3.8) is 0 Å². The number of halogens is 1. The molecule has 0 fully saturated rings. The van der Waals surface area contributed by atoms with E-state index in [4.69, 9.17) is 36.1 Å². The number of azide groups is 1. The Balaban J connectivity index is 2.34. The van der Waals surface area contributed by atoms with Gasteiger partial charge in [0, 0.05) is 35.8 Å². The topological polar surface area (TPSA) is 207 Å². The fraction of sp³-hybridized carbons (Fsp3) is 0.553. The number of carbonyl (C=O) groups is 5. The van der Waals surface area contributed by atoms with Crippen molar-refractivity contribution < 1.29 is 42.9 Å². The summed E-state index contributed by atoms with van der Waals surface area (Å²) in [5, 5.41) is 12.3. The molecule has 0 aliphatic carbocycles. The Hall–Kier alpha value is -5.53. The number of hydrogen-bond donors (Lipinski definition) is 3. The van der Waals surface area contributed by atoms with E-state index in [0.717, 1.165) is 11.1 Å². The fourth-order valence-corrected chi connectivity index (χ4v) is 6.20. The maximum atomic E-state index is 14.1. The van der Waals surface area contributed by atoms with Crippen LogP contribution in [0.3, 0.4) is 0 Å². The van der Waals surface area contributed by atoms with Gasteiger partial charge in [-0.25, -0.2) is 14.4 Å². The molecule has 0 aromatic heterocycles. The highest BCUT2D eigenvalue weighted by atomic mass is 35.5. The molecule has 346 valence electrons. The van der Waals surface area contributed by atoms with Gasteiger partial charge in [0.25, 0.3) is 0 Å². The fourth-order valence-electron chi connectivity index (χ4n) is 5.92. The summed E-state index contributed by atoms with van der Waals surface area (Å²) in [5.74, 6) is -2.23. The van der Waals surface area contributed by atoms with Crippen LogP contribution >= 0.6 is 11.6 Å². The Morgan fingerprint density at radius 3 is 2.02 bits per heavy atom. The highest BCUT2D eigenvalue weighted by Gasteiger charge is 2.39. The lowest BCUT2D eigenvalue weighted by molar-refractivity contribution is -0.156. The van der Waals surface area contributed by atoms with Crippen LogP contribution in [-0.4, -0.2) is 72.4 Å². The first kappa shape index (κ1) is 53.6. The van der Waals surface area contributed by atoms with E-state index in [-0.39, 0.29) is 37.6 Å². The van der Waals surface area contributed by atoms with E-state index in [2.05, 4.69) is 26.0 Å². The van der Waals surface area contributed by atoms with Crippen LogP contribution in [-0.2, 0) is 46.4 Å². The predicted octanol–water partition coefficient (Wildman–Crippen LogP) is 9.21. The number of nitrogens with one attached hydrogen (secondary N) is 3. The second-order valence-electron chi connectivity index (χ2n) is 18.5. The zero-order chi connectivity index (χ0) is 47.7. The Labute approximate surface area is 377 Å². The summed E-state index contributed by atoms with van der Waals surface area (Å²) >= 11 is 6.36. The van der Waals surface area contributed by atoms with E-state index < -0.39 is 70.7 Å². The molecule has 2 aromatic carbocycles. The first-order valence-corrected chi connectivity index (χ1v) is 21.4. The summed E-state index contributed by atoms with van der Waals surface area (Å²) in [6.07, 6.45) is 5.58. The molecule has 0 saturated carbocycles. The predicted molar refractivity (Wildman–Crippen MR) is 245 cm³/mol. The lowest BCUT2D eigenvalue weighted by Crippen LogP contribution is -2.58. The third kappa shape index (κ3) is 19.6. The second kappa shape index (κ2) is 24.4. The summed E-state index contributed by atoms with van der Waals surface area (Å²) < 4.78 is 22.2. The Bertz CT molecular complexity index is 1980. The molecule has 5 atom stereocenters. The van der Waals surface area contributed by atoms with Gasteiger partial charge in [-0.1, -0.05) is 86.0 Å². The van der Waals surface area contributed by atoms with Gasteiger partial charge in [-0.05, 0) is 109 Å². The van der Waals surface area contributed by atoms with Gasteiger partial charge >= 0.3 is 18.0 Å². The van der Waals surface area contributed by atoms with Crippen molar-refractivity contribution in [2.45, 2.75) is 144 Å². The van der Waals surface area contributed by atoms with Gasteiger partial charge in [0.15, 0.2) is 0 Å². The van der Waals surface area contributed by atoms with Crippen molar-refractivity contribution in [3.8, 4) is 5.75 Å². The summed E-state index contributed by atoms with van der Waals surface area (Å²) in [4.78, 5) is 70.2. The summed E-state index contributed by atoms with van der Waals surface area (Å²) in [7, 11) is 1.49. The van der Waals surface area contributed by atoms with E-state index >= 15 is 0 Å². The third-order valence-electron chi connectivity index (χ3n) is 9.76. The molecule has 2 aromatic rings. The first-order valence-electron chi connectivity index (χ1n) is 21.1. The number of rotatable bonds is 21. The number of carbonyl (C=O) groups excluding carboxylic acids is 5. The van der Waals surface area contributed by atoms with Gasteiger partial charge in [0.05, 0.1) is 24.1 Å². The molecule has 0 bridgehead atoms. The molecule has 0 saturated heterocycles. The zero-order valence-electron chi connectivity index (χ0n) is 39.0. The smallest absolute Gasteiger partial charge is 0.408 e. The molecule has 0 radical (unpaired) electrons. The average molecular weight is 896 g/mol. The molecule has 0 aliphatic rings. The van der Waals surface area contributed by atoms with Crippen LogP contribution in [0.1, 0.15) is 113 Å². The minimum absolute atomic E-state index is 0.0288. The number of amides is 3. The monoisotopic (exact) mass is 894 g/mol. The highest BCUT2D eigenvalue weighted by Crippen LogP contribution is 2.27. The van der Waals surface area contributed by atoms with Crippen LogP contribution in [0.2, 0.25) is 5.02 Å². The van der Waals surface area contributed by atoms with Gasteiger partial charge in [0.1, 0.15) is 35.1 Å². The molecule has 3 amide bonds. The number of ether oxygens (including phenoxy) is 4. The molecule has 0 spiro atoms. The first-order chi connectivity index (χ1) is 29.2. The Morgan fingerprint density at radius 2 is 1.46 bits per heavy atom. The lowest BCUT2D eigenvalue weighted by Gasteiger charge is -2.34. The van der Waals surface area contributed by atoms with E-state index in [0.29, 0.717) is 16.3 Å². The summed E-state index contributed by atoms with van der Waals surface area (Å²) in [6, 6.07) is 9.51. The number of esters is 2. The molecule has 15 nitrogen and oxygen atoms in total. The van der Waals surface area contributed by atoms with Crippen molar-refractivity contribution in [1.82, 2.24) is 16.0 Å². The normalized spacial score (nSPS) is 14.5. The van der Waals surface area contributed by atoms with Crippen LogP contribution in [0.5, 0.6) is 5.75 Å². The van der Waals surface area contributed by atoms with Crippen molar-refractivity contribution >= 4 is 47.5 Å². The quantitative estimate of drug-likeness (QED) is 0.0272. The standard InChI is InChI=1S/C47H67ClN6O9/c1-29(2)25-37(42(57)61-38(15-14-16-40(55)62-45(5,6)7)30(3)17-18-32-19-21-33(22-20-32)28-50-54-49)52-43(58)47(11,12)31(4)51-41(56)36(53-44(59)63-46(8,9)10)27-34-23-24-39(60-13)35(48)26-34/h14,16-24,26,29-31,36-38H,15,25,27-28H2,1-13H3,(H,51,56)(H,52,58)(H,53,59)/b16-14+,18-17+. The van der Waals surface area contributed by atoms with Crippen molar-refractivity contribution in [2.75, 3.05) is 7.11 Å². The van der Waals surface area contributed by atoms with Crippen LogP contribution in [0.4, 0.5) is 4.79 Å². The van der Waals surface area contributed by atoms with Gasteiger partial charge in [0.2, 0.25) is 11.8 Å². The van der Waals surface area contributed by atoms with Crippen LogP contribution in [0.25, 0.3) is 16.5 Å². The van der Waals surface area contributed by atoms with Crippen molar-refractivity contribution in [2.24, 2.45) is 22.4 Å². The molecule has 5 unspecified atom stereocenters. The molecule has 63 heavy (non-hydrogen) atoms. The average Bonchev–Trinajstić information content (AvgIpc) is 3.16. The van der Waals surface area contributed by atoms with Crippen LogP contribution < -0.4 is 20.7 Å². The van der Waals surface area contributed by atoms with E-state index in [9.17, 15) is 24.0 Å². The summed E-state index contributed by atoms with van der Waals surface area (Å²) in [6.45, 7) is 21.3. The Kier molecular flexibility index (Phi) is 20.7. The van der Waals surface area contributed by atoms with Gasteiger partial charge in [-0.3, -0.25) is 9.59 Å². The molecule has 2 rings (SSSR count). The minimum Gasteiger partial charge on any atom is -0.495 e. The Morgan fingerprint density at radius 1 is 0.841 bits per heavy atom.